The van der Waals surface area contributed by atoms with Crippen molar-refractivity contribution < 1.29 is 18.4 Å². The summed E-state index contributed by atoms with van der Waals surface area (Å²) in [5.74, 6) is 0.524. The van der Waals surface area contributed by atoms with Crippen LogP contribution in [0.2, 0.25) is 5.02 Å². The SMILES string of the molecule is O=C(Oc1ccc(C=Nc2cccc(-c3nc4cc(Cl)ccc4o3)c2)cc1)c1ccco1. The quantitative estimate of drug-likeness (QED) is 0.172. The lowest BCUT2D eigenvalue weighted by atomic mass is 10.2. The van der Waals surface area contributed by atoms with Gasteiger partial charge in [0.2, 0.25) is 11.7 Å². The second-order valence-corrected chi connectivity index (χ2v) is 7.31. The molecule has 0 aliphatic carbocycles. The summed E-state index contributed by atoms with van der Waals surface area (Å²) in [6.07, 6.45) is 3.15. The maximum atomic E-state index is 11.9. The monoisotopic (exact) mass is 442 g/mol. The average molecular weight is 443 g/mol. The van der Waals surface area contributed by atoms with Gasteiger partial charge in [0.25, 0.3) is 0 Å². The second kappa shape index (κ2) is 8.53. The molecule has 32 heavy (non-hydrogen) atoms. The predicted octanol–water partition coefficient (Wildman–Crippen LogP) is 6.71. The molecule has 0 atom stereocenters. The predicted molar refractivity (Wildman–Crippen MR) is 122 cm³/mol. The lowest BCUT2D eigenvalue weighted by molar-refractivity contribution is 0.0701. The van der Waals surface area contributed by atoms with E-state index in [1.807, 2.05) is 36.4 Å². The molecule has 0 aliphatic rings. The summed E-state index contributed by atoms with van der Waals surface area (Å²) in [6.45, 7) is 0. The van der Waals surface area contributed by atoms with Crippen LogP contribution in [0, 0.1) is 0 Å². The second-order valence-electron chi connectivity index (χ2n) is 6.88. The number of hydrogen-bond donors (Lipinski definition) is 0. The zero-order valence-corrected chi connectivity index (χ0v) is 17.3. The van der Waals surface area contributed by atoms with Crippen molar-refractivity contribution in [3.05, 3.63) is 101 Å². The molecule has 0 amide bonds. The molecule has 0 saturated carbocycles. The molecule has 0 spiro atoms. The fraction of sp³-hybridized carbons (Fsp3) is 0. The molecular formula is C25H15ClN2O4. The number of oxazole rings is 1. The van der Waals surface area contributed by atoms with Crippen molar-refractivity contribution in [3.63, 3.8) is 0 Å². The lowest BCUT2D eigenvalue weighted by Crippen LogP contribution is -2.06. The Morgan fingerprint density at radius 1 is 1.00 bits per heavy atom. The Kier molecular flexibility index (Phi) is 5.27. The topological polar surface area (TPSA) is 77.8 Å². The van der Waals surface area contributed by atoms with Crippen molar-refractivity contribution in [1.82, 2.24) is 4.98 Å². The molecule has 156 valence electrons. The highest BCUT2D eigenvalue weighted by atomic mass is 35.5. The first-order valence-electron chi connectivity index (χ1n) is 9.70. The maximum absolute atomic E-state index is 11.9. The van der Waals surface area contributed by atoms with Crippen molar-refractivity contribution >= 4 is 40.6 Å². The van der Waals surface area contributed by atoms with Crippen LogP contribution < -0.4 is 4.74 Å². The number of furan rings is 1. The molecule has 0 aliphatic heterocycles. The van der Waals surface area contributed by atoms with Crippen molar-refractivity contribution in [2.75, 3.05) is 0 Å². The molecule has 2 aromatic heterocycles. The molecule has 0 saturated heterocycles. The Morgan fingerprint density at radius 3 is 2.69 bits per heavy atom. The summed E-state index contributed by atoms with van der Waals surface area (Å²) in [4.78, 5) is 21.0. The highest BCUT2D eigenvalue weighted by Crippen LogP contribution is 2.28. The van der Waals surface area contributed by atoms with Crippen LogP contribution in [-0.2, 0) is 0 Å². The van der Waals surface area contributed by atoms with Gasteiger partial charge in [-0.15, -0.1) is 0 Å². The number of aromatic nitrogens is 1. The largest absolute Gasteiger partial charge is 0.457 e. The molecule has 7 heteroatoms. The van der Waals surface area contributed by atoms with Crippen LogP contribution in [0.5, 0.6) is 5.75 Å². The van der Waals surface area contributed by atoms with Crippen LogP contribution in [-0.4, -0.2) is 17.2 Å². The Labute approximate surface area is 187 Å². The van der Waals surface area contributed by atoms with E-state index in [1.54, 1.807) is 48.7 Å². The first-order chi connectivity index (χ1) is 15.6. The van der Waals surface area contributed by atoms with Crippen LogP contribution in [0.15, 0.2) is 99.0 Å². The fourth-order valence-corrected chi connectivity index (χ4v) is 3.23. The van der Waals surface area contributed by atoms with E-state index in [0.29, 0.717) is 27.8 Å². The Morgan fingerprint density at radius 2 is 1.88 bits per heavy atom. The van der Waals surface area contributed by atoms with E-state index in [1.165, 1.54) is 6.26 Å². The van der Waals surface area contributed by atoms with Gasteiger partial charge in [0, 0.05) is 16.8 Å². The van der Waals surface area contributed by atoms with E-state index >= 15 is 0 Å². The Hall–Kier alpha value is -4.16. The summed E-state index contributed by atoms with van der Waals surface area (Å²) in [7, 11) is 0. The van der Waals surface area contributed by atoms with Gasteiger partial charge in [-0.05, 0) is 78.4 Å². The third kappa shape index (κ3) is 4.31. The number of aliphatic imine (C=N–C) groups is 1. The number of esters is 1. The number of benzene rings is 3. The molecule has 5 aromatic rings. The molecule has 0 fully saturated rings. The van der Waals surface area contributed by atoms with Crippen LogP contribution >= 0.6 is 11.6 Å². The normalized spacial score (nSPS) is 11.3. The molecule has 0 N–H and O–H groups in total. The number of ether oxygens (including phenoxy) is 1. The van der Waals surface area contributed by atoms with E-state index in [2.05, 4.69) is 9.98 Å². The van der Waals surface area contributed by atoms with Crippen molar-refractivity contribution in [2.45, 2.75) is 0 Å². The van der Waals surface area contributed by atoms with E-state index in [0.717, 1.165) is 16.8 Å². The number of carbonyl (C=O) groups is 1. The maximum Gasteiger partial charge on any atom is 0.379 e. The summed E-state index contributed by atoms with van der Waals surface area (Å²) < 4.78 is 16.1. The highest BCUT2D eigenvalue weighted by Gasteiger charge is 2.11. The van der Waals surface area contributed by atoms with Gasteiger partial charge in [0.15, 0.2) is 5.58 Å². The Balaban J connectivity index is 1.30. The van der Waals surface area contributed by atoms with Gasteiger partial charge in [0.05, 0.1) is 12.0 Å². The molecular weight excluding hydrogens is 428 g/mol. The molecule has 0 unspecified atom stereocenters. The number of halogens is 1. The first-order valence-corrected chi connectivity index (χ1v) is 10.1. The minimum Gasteiger partial charge on any atom is -0.457 e. The number of fused-ring (bicyclic) bond motifs is 1. The highest BCUT2D eigenvalue weighted by molar-refractivity contribution is 6.31. The van der Waals surface area contributed by atoms with E-state index in [4.69, 9.17) is 25.2 Å². The first kappa shape index (κ1) is 19.8. The number of rotatable bonds is 5. The van der Waals surface area contributed by atoms with Crippen LogP contribution in [0.3, 0.4) is 0 Å². The van der Waals surface area contributed by atoms with Crippen LogP contribution in [0.1, 0.15) is 16.1 Å². The molecule has 0 radical (unpaired) electrons. The smallest absolute Gasteiger partial charge is 0.379 e. The summed E-state index contributed by atoms with van der Waals surface area (Å²) >= 11 is 6.03. The molecule has 0 bridgehead atoms. The lowest BCUT2D eigenvalue weighted by Gasteiger charge is -2.02. The van der Waals surface area contributed by atoms with Gasteiger partial charge in [-0.3, -0.25) is 4.99 Å². The molecule has 2 heterocycles. The minimum atomic E-state index is -0.547. The van der Waals surface area contributed by atoms with Crippen LogP contribution in [0.4, 0.5) is 5.69 Å². The van der Waals surface area contributed by atoms with Gasteiger partial charge < -0.3 is 13.6 Å². The van der Waals surface area contributed by atoms with Gasteiger partial charge in [-0.1, -0.05) is 17.7 Å². The third-order valence-corrected chi connectivity index (χ3v) is 4.85. The number of hydrogen-bond acceptors (Lipinski definition) is 6. The zero-order chi connectivity index (χ0) is 21.9. The van der Waals surface area contributed by atoms with Crippen molar-refractivity contribution in [2.24, 2.45) is 4.99 Å². The van der Waals surface area contributed by atoms with Gasteiger partial charge in [-0.2, -0.15) is 0 Å². The van der Waals surface area contributed by atoms with E-state index in [9.17, 15) is 4.79 Å². The van der Waals surface area contributed by atoms with Gasteiger partial charge in [-0.25, -0.2) is 9.78 Å². The molecule has 6 nitrogen and oxygen atoms in total. The average Bonchev–Trinajstić information content (AvgIpc) is 3.49. The summed E-state index contributed by atoms with van der Waals surface area (Å²) in [6, 6.07) is 23.1. The minimum absolute atomic E-state index is 0.151. The van der Waals surface area contributed by atoms with Gasteiger partial charge in [0.1, 0.15) is 11.3 Å². The summed E-state index contributed by atoms with van der Waals surface area (Å²) in [5, 5.41) is 0.609. The third-order valence-electron chi connectivity index (χ3n) is 4.62. The van der Waals surface area contributed by atoms with E-state index < -0.39 is 5.97 Å². The van der Waals surface area contributed by atoms with Crippen molar-refractivity contribution in [1.29, 1.82) is 0 Å². The molecule has 3 aromatic carbocycles. The molecule has 5 rings (SSSR count). The van der Waals surface area contributed by atoms with E-state index in [-0.39, 0.29) is 5.76 Å². The van der Waals surface area contributed by atoms with Crippen LogP contribution in [0.25, 0.3) is 22.6 Å². The fourth-order valence-electron chi connectivity index (χ4n) is 3.07. The number of nitrogens with zero attached hydrogens (tertiary/aromatic N) is 2. The van der Waals surface area contributed by atoms with Gasteiger partial charge >= 0.3 is 5.97 Å². The standard InChI is InChI=1S/C25H15ClN2O4/c26-18-8-11-22-21(14-18)28-24(32-22)17-3-1-4-19(13-17)27-15-16-6-9-20(10-7-16)31-25(29)23-5-2-12-30-23/h1-15H. The Bertz CT molecular complexity index is 1420. The summed E-state index contributed by atoms with van der Waals surface area (Å²) in [5.41, 5.74) is 3.79. The zero-order valence-electron chi connectivity index (χ0n) is 16.6. The van der Waals surface area contributed by atoms with Crippen molar-refractivity contribution in [3.8, 4) is 17.2 Å². The number of carbonyl (C=O) groups excluding carboxylic acids is 1.